The zero-order valence-electron chi connectivity index (χ0n) is 13.2. The molecule has 0 spiro atoms. The Morgan fingerprint density at radius 1 is 0.885 bits per heavy atom. The fraction of sp³-hybridized carbons (Fsp3) is 0.0588. The molecule has 3 rings (SSSR count). The summed E-state index contributed by atoms with van der Waals surface area (Å²) in [5, 5.41) is 2.90. The number of halogens is 3. The molecular weight excluding hydrogens is 349 g/mol. The number of rotatable bonds is 5. The highest BCUT2D eigenvalue weighted by Crippen LogP contribution is 2.31. The first kappa shape index (κ1) is 17.3. The van der Waals surface area contributed by atoms with E-state index < -0.39 is 6.36 Å². The van der Waals surface area contributed by atoms with E-state index in [1.807, 2.05) is 6.07 Å². The Bertz CT molecular complexity index is 871. The summed E-state index contributed by atoms with van der Waals surface area (Å²) in [7, 11) is 0. The highest BCUT2D eigenvalue weighted by atomic mass is 19.4. The second-order valence-corrected chi connectivity index (χ2v) is 5.05. The summed E-state index contributed by atoms with van der Waals surface area (Å²) < 4.78 is 46.0. The number of nitrogens with zero attached hydrogens (tertiary/aromatic N) is 2. The largest absolute Gasteiger partial charge is 0.573 e. The molecule has 6 nitrogen and oxygen atoms in total. The number of alkyl halides is 3. The Labute approximate surface area is 146 Å². The van der Waals surface area contributed by atoms with Gasteiger partial charge in [-0.25, -0.2) is 4.98 Å². The lowest BCUT2D eigenvalue weighted by atomic mass is 10.3. The number of nitrogens with one attached hydrogen (secondary N) is 1. The SMILES string of the molecule is Nc1c(Nc2ccc(OC(F)(F)F)cc2)ncnc1Oc1ccccc1. The van der Waals surface area contributed by atoms with Crippen LogP contribution in [0.3, 0.4) is 0 Å². The molecule has 0 unspecified atom stereocenters. The summed E-state index contributed by atoms with van der Waals surface area (Å²) in [5.74, 6) is 0.644. The number of nitrogen functional groups attached to an aromatic ring is 1. The second-order valence-electron chi connectivity index (χ2n) is 5.05. The van der Waals surface area contributed by atoms with Crippen LogP contribution in [0.1, 0.15) is 0 Å². The van der Waals surface area contributed by atoms with Gasteiger partial charge in [0.1, 0.15) is 23.5 Å². The molecule has 0 amide bonds. The number of benzene rings is 2. The molecule has 0 fully saturated rings. The minimum atomic E-state index is -4.74. The molecule has 1 heterocycles. The predicted molar refractivity (Wildman–Crippen MR) is 89.4 cm³/mol. The van der Waals surface area contributed by atoms with Crippen LogP contribution in [0, 0.1) is 0 Å². The molecule has 0 saturated carbocycles. The van der Waals surface area contributed by atoms with E-state index >= 15 is 0 Å². The standard InChI is InChI=1S/C17H13F3N4O2/c18-17(19,20)26-13-8-6-11(7-9-13)24-15-14(21)16(23-10-22-15)25-12-4-2-1-3-5-12/h1-10H,21H2,(H,22,23,24). The lowest BCUT2D eigenvalue weighted by Gasteiger charge is -2.12. The Morgan fingerprint density at radius 3 is 2.23 bits per heavy atom. The maximum atomic E-state index is 12.2. The summed E-state index contributed by atoms with van der Waals surface area (Å²) in [6.45, 7) is 0. The molecule has 0 saturated heterocycles. The third-order valence-electron chi connectivity index (χ3n) is 3.16. The maximum Gasteiger partial charge on any atom is 0.573 e. The lowest BCUT2D eigenvalue weighted by Crippen LogP contribution is -2.17. The first-order valence-corrected chi connectivity index (χ1v) is 7.37. The van der Waals surface area contributed by atoms with Crippen molar-refractivity contribution in [3.8, 4) is 17.4 Å². The van der Waals surface area contributed by atoms with Gasteiger partial charge in [0.05, 0.1) is 0 Å². The van der Waals surface area contributed by atoms with Crippen molar-refractivity contribution in [1.29, 1.82) is 0 Å². The van der Waals surface area contributed by atoms with E-state index in [1.165, 1.54) is 30.6 Å². The zero-order chi connectivity index (χ0) is 18.6. The molecule has 1 aromatic heterocycles. The van der Waals surface area contributed by atoms with E-state index in [2.05, 4.69) is 20.0 Å². The first-order valence-electron chi connectivity index (χ1n) is 7.37. The first-order chi connectivity index (χ1) is 12.4. The van der Waals surface area contributed by atoms with E-state index in [4.69, 9.17) is 10.5 Å². The van der Waals surface area contributed by atoms with Crippen LogP contribution in [0.2, 0.25) is 0 Å². The zero-order valence-corrected chi connectivity index (χ0v) is 13.2. The topological polar surface area (TPSA) is 82.3 Å². The summed E-state index contributed by atoms with van der Waals surface area (Å²) >= 11 is 0. The number of ether oxygens (including phenoxy) is 2. The van der Waals surface area contributed by atoms with Gasteiger partial charge in [-0.3, -0.25) is 0 Å². The second kappa shape index (κ2) is 7.18. The van der Waals surface area contributed by atoms with Gasteiger partial charge in [-0.15, -0.1) is 13.2 Å². The van der Waals surface area contributed by atoms with Gasteiger partial charge in [0.25, 0.3) is 0 Å². The molecule has 9 heteroatoms. The average molecular weight is 362 g/mol. The smallest absolute Gasteiger partial charge is 0.437 e. The summed E-state index contributed by atoms with van der Waals surface area (Å²) in [6.07, 6.45) is -3.48. The van der Waals surface area contributed by atoms with Crippen molar-refractivity contribution < 1.29 is 22.6 Å². The van der Waals surface area contributed by atoms with Crippen molar-refractivity contribution in [2.45, 2.75) is 6.36 Å². The lowest BCUT2D eigenvalue weighted by molar-refractivity contribution is -0.274. The fourth-order valence-electron chi connectivity index (χ4n) is 2.04. The van der Waals surface area contributed by atoms with Crippen molar-refractivity contribution in [3.63, 3.8) is 0 Å². The molecule has 26 heavy (non-hydrogen) atoms. The van der Waals surface area contributed by atoms with Gasteiger partial charge < -0.3 is 20.5 Å². The van der Waals surface area contributed by atoms with E-state index in [0.717, 1.165) is 0 Å². The number of aromatic nitrogens is 2. The Morgan fingerprint density at radius 2 is 1.58 bits per heavy atom. The molecule has 0 aliphatic carbocycles. The van der Waals surface area contributed by atoms with Gasteiger partial charge in [0, 0.05) is 5.69 Å². The molecule has 134 valence electrons. The van der Waals surface area contributed by atoms with Crippen molar-refractivity contribution >= 4 is 17.2 Å². The van der Waals surface area contributed by atoms with Crippen molar-refractivity contribution in [2.24, 2.45) is 0 Å². The monoisotopic (exact) mass is 362 g/mol. The minimum absolute atomic E-state index is 0.158. The number of hydrogen-bond donors (Lipinski definition) is 2. The molecule has 0 radical (unpaired) electrons. The quantitative estimate of drug-likeness (QED) is 0.696. The Hall–Kier alpha value is -3.49. The molecule has 0 bridgehead atoms. The van der Waals surface area contributed by atoms with E-state index in [1.54, 1.807) is 24.3 Å². The normalized spacial score (nSPS) is 11.0. The van der Waals surface area contributed by atoms with Crippen LogP contribution >= 0.6 is 0 Å². The maximum absolute atomic E-state index is 12.2. The van der Waals surface area contributed by atoms with Gasteiger partial charge in [0.15, 0.2) is 5.82 Å². The predicted octanol–water partition coefficient (Wildman–Crippen LogP) is 4.49. The van der Waals surface area contributed by atoms with Crippen LogP contribution in [0.4, 0.5) is 30.4 Å². The molecule has 0 atom stereocenters. The Kier molecular flexibility index (Phi) is 4.78. The highest BCUT2D eigenvalue weighted by molar-refractivity contribution is 5.72. The number of anilines is 3. The van der Waals surface area contributed by atoms with Gasteiger partial charge in [0.2, 0.25) is 5.88 Å². The summed E-state index contributed by atoms with van der Waals surface area (Å²) in [5.41, 5.74) is 6.63. The van der Waals surface area contributed by atoms with Crippen molar-refractivity contribution in [1.82, 2.24) is 9.97 Å². The van der Waals surface area contributed by atoms with Crippen LogP contribution in [0.25, 0.3) is 0 Å². The van der Waals surface area contributed by atoms with Crippen LogP contribution in [-0.2, 0) is 0 Å². The van der Waals surface area contributed by atoms with Crippen LogP contribution in [-0.4, -0.2) is 16.3 Å². The minimum Gasteiger partial charge on any atom is -0.437 e. The number of hydrogen-bond acceptors (Lipinski definition) is 6. The van der Waals surface area contributed by atoms with Gasteiger partial charge in [-0.05, 0) is 36.4 Å². The molecule has 0 aliphatic heterocycles. The number of nitrogens with two attached hydrogens (primary N) is 1. The molecular formula is C17H13F3N4O2. The van der Waals surface area contributed by atoms with Gasteiger partial charge >= 0.3 is 6.36 Å². The van der Waals surface area contributed by atoms with Crippen LogP contribution in [0.5, 0.6) is 17.4 Å². The van der Waals surface area contributed by atoms with E-state index in [0.29, 0.717) is 11.4 Å². The molecule has 0 aliphatic rings. The molecule has 3 aromatic rings. The average Bonchev–Trinajstić information content (AvgIpc) is 2.60. The summed E-state index contributed by atoms with van der Waals surface area (Å²) in [4.78, 5) is 8.01. The molecule has 2 aromatic carbocycles. The van der Waals surface area contributed by atoms with Crippen molar-refractivity contribution in [3.05, 3.63) is 60.9 Å². The highest BCUT2D eigenvalue weighted by Gasteiger charge is 2.30. The number of para-hydroxylation sites is 1. The summed E-state index contributed by atoms with van der Waals surface area (Å²) in [6, 6.07) is 14.1. The Balaban J connectivity index is 1.75. The van der Waals surface area contributed by atoms with Crippen LogP contribution < -0.4 is 20.5 Å². The molecule has 3 N–H and O–H groups in total. The van der Waals surface area contributed by atoms with Gasteiger partial charge in [-0.2, -0.15) is 4.98 Å². The third kappa shape index (κ3) is 4.53. The van der Waals surface area contributed by atoms with Crippen LogP contribution in [0.15, 0.2) is 60.9 Å². The van der Waals surface area contributed by atoms with E-state index in [9.17, 15) is 13.2 Å². The third-order valence-corrected chi connectivity index (χ3v) is 3.16. The fourth-order valence-corrected chi connectivity index (χ4v) is 2.04. The van der Waals surface area contributed by atoms with Gasteiger partial charge in [-0.1, -0.05) is 18.2 Å². The van der Waals surface area contributed by atoms with E-state index in [-0.39, 0.29) is 23.1 Å². The van der Waals surface area contributed by atoms with Crippen molar-refractivity contribution in [2.75, 3.05) is 11.1 Å².